The van der Waals surface area contributed by atoms with Crippen LogP contribution in [-0.4, -0.2) is 15.0 Å². The fourth-order valence-electron chi connectivity index (χ4n) is 8.54. The van der Waals surface area contributed by atoms with Crippen molar-refractivity contribution < 1.29 is 4.42 Å². The van der Waals surface area contributed by atoms with Crippen LogP contribution in [0.15, 0.2) is 162 Å². The Balaban J connectivity index is 1.02. The first-order chi connectivity index (χ1) is 27.7. The predicted molar refractivity (Wildman–Crippen MR) is 235 cm³/mol. The van der Waals surface area contributed by atoms with Gasteiger partial charge in [0.1, 0.15) is 17.0 Å². The van der Waals surface area contributed by atoms with E-state index in [1.807, 2.05) is 11.3 Å². The lowest BCUT2D eigenvalue weighted by Gasteiger charge is -2.15. The fraction of sp³-hybridized carbons (Fsp3) is 0.118. The van der Waals surface area contributed by atoms with Gasteiger partial charge in [-0.15, -0.1) is 11.3 Å². The van der Waals surface area contributed by atoms with Gasteiger partial charge in [-0.1, -0.05) is 115 Å². The summed E-state index contributed by atoms with van der Waals surface area (Å²) in [5.41, 5.74) is 11.1. The molecule has 0 radical (unpaired) electrons. The molecule has 0 saturated heterocycles. The molecule has 3 aliphatic rings. The third-order valence-electron chi connectivity index (χ3n) is 11.3. The van der Waals surface area contributed by atoms with Gasteiger partial charge in [-0.2, -0.15) is 0 Å². The van der Waals surface area contributed by atoms with Crippen molar-refractivity contribution in [2.45, 2.75) is 38.0 Å². The number of rotatable bonds is 6. The van der Waals surface area contributed by atoms with Crippen molar-refractivity contribution in [3.8, 4) is 33.6 Å². The van der Waals surface area contributed by atoms with Crippen LogP contribution < -0.4 is 0 Å². The number of furan rings is 1. The second kappa shape index (κ2) is 13.7. The molecule has 5 heteroatoms. The lowest BCUT2D eigenvalue weighted by molar-refractivity contribution is 0.669. The molecule has 11 rings (SSSR count). The molecule has 0 N–H and O–H groups in total. The molecule has 3 heterocycles. The van der Waals surface area contributed by atoms with Crippen LogP contribution in [-0.2, 0) is 0 Å². The number of hydrogen-bond donors (Lipinski definition) is 0. The molecule has 0 bridgehead atoms. The van der Waals surface area contributed by atoms with Crippen LogP contribution in [0.4, 0.5) is 0 Å². The van der Waals surface area contributed by atoms with E-state index in [1.165, 1.54) is 42.4 Å². The van der Waals surface area contributed by atoms with Crippen LogP contribution in [0.25, 0.3) is 86.9 Å². The molecule has 0 amide bonds. The molecule has 1 unspecified atom stereocenters. The first-order valence-electron chi connectivity index (χ1n) is 19.6. The van der Waals surface area contributed by atoms with Gasteiger partial charge in [-0.3, -0.25) is 0 Å². The zero-order valence-electron chi connectivity index (χ0n) is 30.8. The van der Waals surface area contributed by atoms with Crippen molar-refractivity contribution in [1.29, 1.82) is 0 Å². The van der Waals surface area contributed by atoms with E-state index in [2.05, 4.69) is 158 Å². The van der Waals surface area contributed by atoms with Crippen molar-refractivity contribution in [2.75, 3.05) is 0 Å². The number of aromatic nitrogens is 3. The minimum Gasteiger partial charge on any atom is -0.456 e. The van der Waals surface area contributed by atoms with Gasteiger partial charge in [-0.25, -0.2) is 15.0 Å². The molecule has 0 spiro atoms. The molecule has 1 atom stereocenters. The van der Waals surface area contributed by atoms with E-state index in [0.717, 1.165) is 88.0 Å². The third kappa shape index (κ3) is 5.78. The number of thiophene rings is 1. The summed E-state index contributed by atoms with van der Waals surface area (Å²) in [5.74, 6) is 2.35. The molecular weight excluding hydrogens is 703 g/mol. The fourth-order valence-corrected chi connectivity index (χ4v) is 9.65. The minimum absolute atomic E-state index is 0.116. The second-order valence-electron chi connectivity index (χ2n) is 14.9. The minimum atomic E-state index is 0.116. The third-order valence-corrected chi connectivity index (χ3v) is 12.5. The maximum Gasteiger partial charge on any atom is 0.163 e. The van der Waals surface area contributed by atoms with Crippen LogP contribution in [0.2, 0.25) is 0 Å². The highest BCUT2D eigenvalue weighted by Crippen LogP contribution is 2.43. The Morgan fingerprint density at radius 2 is 1.45 bits per heavy atom. The van der Waals surface area contributed by atoms with Gasteiger partial charge in [0.15, 0.2) is 11.6 Å². The van der Waals surface area contributed by atoms with E-state index in [4.69, 9.17) is 19.4 Å². The maximum absolute atomic E-state index is 6.52. The SMILES string of the molecule is C1=CCCC(c2cccc3sc4ccc(-c5ccc6oc7cccc(-c8cccc(-c9nc(C%10=CCCC=C%10)nc(C%10C=CC=CC%10)n9)c8)c7c6c5)cc4c23)=C1. The highest BCUT2D eigenvalue weighted by Gasteiger charge is 2.20. The van der Waals surface area contributed by atoms with E-state index in [9.17, 15) is 0 Å². The summed E-state index contributed by atoms with van der Waals surface area (Å²) in [4.78, 5) is 15.2. The summed E-state index contributed by atoms with van der Waals surface area (Å²) < 4.78 is 9.17. The quantitative estimate of drug-likeness (QED) is 0.170. The molecule has 8 aromatic rings. The van der Waals surface area contributed by atoms with Crippen molar-refractivity contribution in [3.05, 3.63) is 175 Å². The normalized spacial score (nSPS) is 16.7. The Kier molecular flexibility index (Phi) is 8.06. The van der Waals surface area contributed by atoms with Gasteiger partial charge in [0, 0.05) is 48.0 Å². The summed E-state index contributed by atoms with van der Waals surface area (Å²) in [5, 5.41) is 4.90. The van der Waals surface area contributed by atoms with Gasteiger partial charge >= 0.3 is 0 Å². The average molecular weight is 740 g/mol. The molecule has 268 valence electrons. The van der Waals surface area contributed by atoms with Gasteiger partial charge in [0.05, 0.1) is 0 Å². The second-order valence-corrected chi connectivity index (χ2v) is 15.9. The largest absolute Gasteiger partial charge is 0.456 e. The lowest BCUT2D eigenvalue weighted by Crippen LogP contribution is -2.09. The smallest absolute Gasteiger partial charge is 0.163 e. The zero-order valence-corrected chi connectivity index (χ0v) is 31.6. The molecule has 0 aliphatic heterocycles. The van der Waals surface area contributed by atoms with E-state index >= 15 is 0 Å². The van der Waals surface area contributed by atoms with Crippen molar-refractivity contribution >= 4 is 64.6 Å². The Morgan fingerprint density at radius 3 is 2.32 bits per heavy atom. The molecule has 4 nitrogen and oxygen atoms in total. The number of benzene rings is 5. The topological polar surface area (TPSA) is 51.8 Å². The Labute approximate surface area is 329 Å². The molecule has 56 heavy (non-hydrogen) atoms. The molecule has 3 aliphatic carbocycles. The van der Waals surface area contributed by atoms with Gasteiger partial charge in [0.2, 0.25) is 0 Å². The molecule has 5 aromatic carbocycles. The molecular formula is C51H37N3OS. The highest BCUT2D eigenvalue weighted by atomic mass is 32.1. The first-order valence-corrected chi connectivity index (χ1v) is 20.4. The van der Waals surface area contributed by atoms with E-state index < -0.39 is 0 Å². The van der Waals surface area contributed by atoms with Crippen LogP contribution in [0.1, 0.15) is 55.2 Å². The molecule has 0 saturated carbocycles. The summed E-state index contributed by atoms with van der Waals surface area (Å²) in [7, 11) is 0. The monoisotopic (exact) mass is 739 g/mol. The summed E-state index contributed by atoms with van der Waals surface area (Å²) in [6, 6.07) is 35.3. The van der Waals surface area contributed by atoms with Crippen LogP contribution in [0.5, 0.6) is 0 Å². The summed E-state index contributed by atoms with van der Waals surface area (Å²) >= 11 is 1.88. The van der Waals surface area contributed by atoms with E-state index in [0.29, 0.717) is 5.82 Å². The van der Waals surface area contributed by atoms with Gasteiger partial charge in [0.25, 0.3) is 0 Å². The molecule has 0 fully saturated rings. The Morgan fingerprint density at radius 1 is 0.589 bits per heavy atom. The average Bonchev–Trinajstić information content (AvgIpc) is 3.85. The van der Waals surface area contributed by atoms with Crippen molar-refractivity contribution in [1.82, 2.24) is 15.0 Å². The Hall–Kier alpha value is -6.43. The van der Waals surface area contributed by atoms with Crippen molar-refractivity contribution in [3.63, 3.8) is 0 Å². The van der Waals surface area contributed by atoms with Crippen LogP contribution in [0.3, 0.4) is 0 Å². The number of fused-ring (bicyclic) bond motifs is 6. The number of nitrogens with zero attached hydrogens (tertiary/aromatic N) is 3. The first kappa shape index (κ1) is 33.0. The van der Waals surface area contributed by atoms with Gasteiger partial charge < -0.3 is 4.42 Å². The number of hydrogen-bond acceptors (Lipinski definition) is 5. The van der Waals surface area contributed by atoms with Crippen LogP contribution >= 0.6 is 11.3 Å². The summed E-state index contributed by atoms with van der Waals surface area (Å²) in [6.07, 6.45) is 27.0. The van der Waals surface area contributed by atoms with Gasteiger partial charge in [-0.05, 0) is 108 Å². The predicted octanol–water partition coefficient (Wildman–Crippen LogP) is 14.2. The van der Waals surface area contributed by atoms with E-state index in [1.54, 1.807) is 0 Å². The lowest BCUT2D eigenvalue weighted by atomic mass is 9.92. The zero-order chi connectivity index (χ0) is 37.0. The van der Waals surface area contributed by atoms with Crippen LogP contribution in [0, 0.1) is 0 Å². The maximum atomic E-state index is 6.52. The summed E-state index contributed by atoms with van der Waals surface area (Å²) in [6.45, 7) is 0. The molecule has 3 aromatic heterocycles. The van der Waals surface area contributed by atoms with E-state index in [-0.39, 0.29) is 5.92 Å². The number of allylic oxidation sites excluding steroid dienone is 12. The Bertz CT molecular complexity index is 3080. The van der Waals surface area contributed by atoms with Crippen molar-refractivity contribution in [2.24, 2.45) is 0 Å². The standard InChI is InChI=1S/C51H37N3OS/c1-4-13-32(14-5-1)39-22-12-24-46-48(39)42-31-36(26-28-45(42)56-46)35-25-27-43-41(30-35)47-40(21-11-23-44(47)55-43)37-19-10-20-38(29-37)51-53-49(33-15-6-2-7-16-33)52-50(54-51)34-17-8-3-9-18-34/h1-2,4,6-8,10-13,15,17-31,33H,3,5,9,14,16H2. The highest BCUT2D eigenvalue weighted by molar-refractivity contribution is 7.25.